The van der Waals surface area contributed by atoms with Crippen LogP contribution >= 0.6 is 15.9 Å². The lowest BCUT2D eigenvalue weighted by molar-refractivity contribution is 0.300. The molecule has 0 amide bonds. The average Bonchev–Trinajstić information content (AvgIpc) is 2.19. The fraction of sp³-hybridized carbons (Fsp3) is 0.273. The van der Waals surface area contributed by atoms with Crippen molar-refractivity contribution in [1.82, 2.24) is 0 Å². The van der Waals surface area contributed by atoms with Gasteiger partial charge in [-0.25, -0.2) is 0 Å². The van der Waals surface area contributed by atoms with E-state index in [9.17, 15) is 0 Å². The molecule has 0 saturated carbocycles. The molecule has 0 bridgehead atoms. The largest absolute Gasteiger partial charge is 0.493 e. The molecule has 76 valence electrons. The molecule has 1 rings (SSSR count). The van der Waals surface area contributed by atoms with E-state index >= 15 is 0 Å². The Hall–Kier alpha value is -0.960. The number of hydrogen-bond donors (Lipinski definition) is 0. The molecule has 0 aromatic heterocycles. The van der Waals surface area contributed by atoms with E-state index in [4.69, 9.17) is 9.47 Å². The molecule has 0 aliphatic rings. The molecular formula is C11H13BrO2. The molecule has 0 fully saturated rings. The molecule has 0 unspecified atom stereocenters. The maximum atomic E-state index is 5.52. The topological polar surface area (TPSA) is 18.5 Å². The summed E-state index contributed by atoms with van der Waals surface area (Å²) in [5.74, 6) is 1.50. The standard InChI is InChI=1S/C11H13BrO2/c1-3-4-7-14-11-8-9(12)5-6-10(11)13-2/h3,5-6,8H,1,4,7H2,2H3. The highest BCUT2D eigenvalue weighted by molar-refractivity contribution is 9.10. The summed E-state index contributed by atoms with van der Waals surface area (Å²) in [7, 11) is 1.63. The maximum Gasteiger partial charge on any atom is 0.162 e. The third kappa shape index (κ3) is 3.07. The van der Waals surface area contributed by atoms with Gasteiger partial charge in [-0.3, -0.25) is 0 Å². The first kappa shape index (κ1) is 11.1. The van der Waals surface area contributed by atoms with E-state index in [1.54, 1.807) is 7.11 Å². The number of rotatable bonds is 5. The first-order valence-corrected chi connectivity index (χ1v) is 5.14. The predicted octanol–water partition coefficient (Wildman–Crippen LogP) is 3.41. The van der Waals surface area contributed by atoms with Crippen LogP contribution in [-0.4, -0.2) is 13.7 Å². The van der Waals surface area contributed by atoms with Crippen molar-refractivity contribution in [1.29, 1.82) is 0 Å². The van der Waals surface area contributed by atoms with Crippen molar-refractivity contribution in [2.45, 2.75) is 6.42 Å². The lowest BCUT2D eigenvalue weighted by Gasteiger charge is -2.09. The van der Waals surface area contributed by atoms with Crippen molar-refractivity contribution in [2.24, 2.45) is 0 Å². The van der Waals surface area contributed by atoms with Crippen LogP contribution in [0.15, 0.2) is 35.3 Å². The molecule has 2 nitrogen and oxygen atoms in total. The van der Waals surface area contributed by atoms with Gasteiger partial charge in [0, 0.05) is 4.47 Å². The van der Waals surface area contributed by atoms with E-state index in [0.717, 1.165) is 22.4 Å². The number of hydrogen-bond acceptors (Lipinski definition) is 2. The molecule has 0 aliphatic heterocycles. The number of halogens is 1. The Morgan fingerprint density at radius 2 is 2.21 bits per heavy atom. The SMILES string of the molecule is C=CCCOc1cc(Br)ccc1OC. The molecule has 0 saturated heterocycles. The summed E-state index contributed by atoms with van der Waals surface area (Å²) in [5, 5.41) is 0. The monoisotopic (exact) mass is 256 g/mol. The molecular weight excluding hydrogens is 244 g/mol. The fourth-order valence-corrected chi connectivity index (χ4v) is 1.36. The minimum Gasteiger partial charge on any atom is -0.493 e. The fourth-order valence-electron chi connectivity index (χ4n) is 1.02. The van der Waals surface area contributed by atoms with Gasteiger partial charge in [0.2, 0.25) is 0 Å². The molecule has 14 heavy (non-hydrogen) atoms. The van der Waals surface area contributed by atoms with Gasteiger partial charge in [0.05, 0.1) is 13.7 Å². The van der Waals surface area contributed by atoms with Gasteiger partial charge in [0.1, 0.15) is 0 Å². The Morgan fingerprint density at radius 3 is 2.86 bits per heavy atom. The summed E-state index contributed by atoms with van der Waals surface area (Å²) in [6.45, 7) is 4.25. The van der Waals surface area contributed by atoms with Gasteiger partial charge in [-0.05, 0) is 24.6 Å². The zero-order valence-electron chi connectivity index (χ0n) is 8.13. The van der Waals surface area contributed by atoms with Crippen molar-refractivity contribution >= 4 is 15.9 Å². The van der Waals surface area contributed by atoms with Crippen LogP contribution in [0.1, 0.15) is 6.42 Å². The van der Waals surface area contributed by atoms with Gasteiger partial charge in [-0.1, -0.05) is 22.0 Å². The van der Waals surface area contributed by atoms with Crippen molar-refractivity contribution in [3.05, 3.63) is 35.3 Å². The second-order valence-corrected chi connectivity index (χ2v) is 3.64. The third-order valence-corrected chi connectivity index (χ3v) is 2.20. The molecule has 0 heterocycles. The number of methoxy groups -OCH3 is 1. The van der Waals surface area contributed by atoms with Crippen LogP contribution in [0.4, 0.5) is 0 Å². The summed E-state index contributed by atoms with van der Waals surface area (Å²) < 4.78 is 11.7. The van der Waals surface area contributed by atoms with Crippen LogP contribution in [0.25, 0.3) is 0 Å². The van der Waals surface area contributed by atoms with Crippen LogP contribution in [0.2, 0.25) is 0 Å². The van der Waals surface area contributed by atoms with Gasteiger partial charge in [-0.15, -0.1) is 6.58 Å². The predicted molar refractivity (Wildman–Crippen MR) is 61.0 cm³/mol. The van der Waals surface area contributed by atoms with Gasteiger partial charge >= 0.3 is 0 Å². The van der Waals surface area contributed by atoms with E-state index in [0.29, 0.717) is 6.61 Å². The minimum absolute atomic E-state index is 0.621. The van der Waals surface area contributed by atoms with E-state index in [1.165, 1.54) is 0 Å². The summed E-state index contributed by atoms with van der Waals surface area (Å²) in [6.07, 6.45) is 2.65. The average molecular weight is 257 g/mol. The molecule has 0 spiro atoms. The highest BCUT2D eigenvalue weighted by Crippen LogP contribution is 2.30. The second-order valence-electron chi connectivity index (χ2n) is 2.72. The summed E-state index contributed by atoms with van der Waals surface area (Å²) in [4.78, 5) is 0. The quantitative estimate of drug-likeness (QED) is 0.594. The molecule has 1 aromatic rings. The van der Waals surface area contributed by atoms with Gasteiger partial charge in [-0.2, -0.15) is 0 Å². The van der Waals surface area contributed by atoms with E-state index in [1.807, 2.05) is 24.3 Å². The normalized spacial score (nSPS) is 9.57. The second kappa shape index (κ2) is 5.70. The zero-order valence-corrected chi connectivity index (χ0v) is 9.71. The smallest absolute Gasteiger partial charge is 0.162 e. The molecule has 1 aromatic carbocycles. The Kier molecular flexibility index (Phi) is 4.53. The zero-order chi connectivity index (χ0) is 10.4. The first-order valence-electron chi connectivity index (χ1n) is 4.35. The van der Waals surface area contributed by atoms with Gasteiger partial charge in [0.25, 0.3) is 0 Å². The Labute approximate surface area is 92.7 Å². The van der Waals surface area contributed by atoms with Crippen LogP contribution in [0.3, 0.4) is 0 Å². The van der Waals surface area contributed by atoms with Crippen LogP contribution in [0, 0.1) is 0 Å². The Balaban J connectivity index is 2.71. The minimum atomic E-state index is 0.621. The van der Waals surface area contributed by atoms with Crippen LogP contribution in [-0.2, 0) is 0 Å². The highest BCUT2D eigenvalue weighted by atomic mass is 79.9. The van der Waals surface area contributed by atoms with Crippen LogP contribution < -0.4 is 9.47 Å². The van der Waals surface area contributed by atoms with Crippen molar-refractivity contribution < 1.29 is 9.47 Å². The summed E-state index contributed by atoms with van der Waals surface area (Å²) in [6, 6.07) is 5.68. The van der Waals surface area contributed by atoms with Gasteiger partial charge < -0.3 is 9.47 Å². The van der Waals surface area contributed by atoms with Gasteiger partial charge in [0.15, 0.2) is 11.5 Å². The third-order valence-electron chi connectivity index (χ3n) is 1.71. The van der Waals surface area contributed by atoms with Crippen LogP contribution in [0.5, 0.6) is 11.5 Å². The first-order chi connectivity index (χ1) is 6.77. The summed E-state index contributed by atoms with van der Waals surface area (Å²) >= 11 is 3.38. The molecule has 0 N–H and O–H groups in total. The lowest BCUT2D eigenvalue weighted by Crippen LogP contribution is -1.97. The lowest BCUT2D eigenvalue weighted by atomic mass is 10.3. The Bertz CT molecular complexity index is 310. The molecule has 3 heteroatoms. The van der Waals surface area contributed by atoms with E-state index in [2.05, 4.69) is 22.5 Å². The number of benzene rings is 1. The number of ether oxygens (including phenoxy) is 2. The molecule has 0 radical (unpaired) electrons. The van der Waals surface area contributed by atoms with E-state index in [-0.39, 0.29) is 0 Å². The molecule has 0 atom stereocenters. The summed E-state index contributed by atoms with van der Waals surface area (Å²) in [5.41, 5.74) is 0. The highest BCUT2D eigenvalue weighted by Gasteiger charge is 2.03. The van der Waals surface area contributed by atoms with Crippen molar-refractivity contribution in [3.8, 4) is 11.5 Å². The molecule has 0 aliphatic carbocycles. The van der Waals surface area contributed by atoms with E-state index < -0.39 is 0 Å². The van der Waals surface area contributed by atoms with Crippen molar-refractivity contribution in [3.63, 3.8) is 0 Å². The maximum absolute atomic E-state index is 5.52. The Morgan fingerprint density at radius 1 is 1.43 bits per heavy atom. The van der Waals surface area contributed by atoms with Crippen molar-refractivity contribution in [2.75, 3.05) is 13.7 Å².